The summed E-state index contributed by atoms with van der Waals surface area (Å²) in [6, 6.07) is 0. The topological polar surface area (TPSA) is 49.4 Å². The van der Waals surface area contributed by atoms with E-state index >= 15 is 0 Å². The van der Waals surface area contributed by atoms with Crippen molar-refractivity contribution in [1.29, 1.82) is 0 Å². The first-order valence-electron chi connectivity index (χ1n) is 7.78. The zero-order valence-corrected chi connectivity index (χ0v) is 12.2. The molecule has 0 radical (unpaired) electrons. The normalized spacial score (nSPS) is 14.7. The maximum absolute atomic E-state index is 11.8. The molecule has 4 nitrogen and oxygen atoms in total. The average Bonchev–Trinajstić information content (AvgIpc) is 2.94. The second-order valence-electron chi connectivity index (χ2n) is 5.35. The molecule has 0 unspecified atom stereocenters. The number of hydrogen-bond donors (Lipinski definition) is 1. The molecule has 0 saturated carbocycles. The van der Waals surface area contributed by atoms with Gasteiger partial charge in [-0.3, -0.25) is 9.59 Å². The standard InChI is InChI=1S/C15H28N2O2/c1-2-3-9-14(18)16-11-6-4-5-10-15(19)17-12-7-8-13-17/h2-13H2,1H3,(H,16,18). The van der Waals surface area contributed by atoms with Crippen LogP contribution >= 0.6 is 0 Å². The number of nitrogens with one attached hydrogen (secondary N) is 1. The Morgan fingerprint density at radius 3 is 2.42 bits per heavy atom. The van der Waals surface area contributed by atoms with Gasteiger partial charge >= 0.3 is 0 Å². The molecule has 0 aromatic rings. The molecule has 1 heterocycles. The lowest BCUT2D eigenvalue weighted by Gasteiger charge is -2.14. The first kappa shape index (κ1) is 16.0. The third-order valence-corrected chi connectivity index (χ3v) is 3.61. The minimum Gasteiger partial charge on any atom is -0.356 e. The van der Waals surface area contributed by atoms with Gasteiger partial charge in [0.2, 0.25) is 11.8 Å². The van der Waals surface area contributed by atoms with E-state index in [4.69, 9.17) is 0 Å². The van der Waals surface area contributed by atoms with Gasteiger partial charge in [-0.25, -0.2) is 0 Å². The Balaban J connectivity index is 1.90. The summed E-state index contributed by atoms with van der Waals surface area (Å²) in [6.07, 6.45) is 8.61. The van der Waals surface area contributed by atoms with Gasteiger partial charge < -0.3 is 10.2 Å². The summed E-state index contributed by atoms with van der Waals surface area (Å²) in [5.41, 5.74) is 0. The summed E-state index contributed by atoms with van der Waals surface area (Å²) in [7, 11) is 0. The maximum atomic E-state index is 11.8. The fraction of sp³-hybridized carbons (Fsp3) is 0.867. The van der Waals surface area contributed by atoms with Crippen molar-refractivity contribution < 1.29 is 9.59 Å². The lowest BCUT2D eigenvalue weighted by molar-refractivity contribution is -0.130. The van der Waals surface area contributed by atoms with Crippen molar-refractivity contribution in [3.63, 3.8) is 0 Å². The van der Waals surface area contributed by atoms with Gasteiger partial charge in [0.15, 0.2) is 0 Å². The van der Waals surface area contributed by atoms with E-state index in [1.165, 1.54) is 0 Å². The van der Waals surface area contributed by atoms with E-state index in [0.717, 1.165) is 64.6 Å². The molecule has 0 atom stereocenters. The first-order chi connectivity index (χ1) is 9.24. The van der Waals surface area contributed by atoms with Crippen LogP contribution in [0.25, 0.3) is 0 Å². The molecule has 1 aliphatic heterocycles. The summed E-state index contributed by atoms with van der Waals surface area (Å²) < 4.78 is 0. The van der Waals surface area contributed by atoms with Crippen LogP contribution in [0, 0.1) is 0 Å². The molecule has 1 N–H and O–H groups in total. The van der Waals surface area contributed by atoms with E-state index < -0.39 is 0 Å². The molecule has 0 spiro atoms. The van der Waals surface area contributed by atoms with Crippen LogP contribution < -0.4 is 5.32 Å². The number of rotatable bonds is 9. The Labute approximate surface area is 116 Å². The zero-order valence-electron chi connectivity index (χ0n) is 12.2. The Morgan fingerprint density at radius 2 is 1.74 bits per heavy atom. The van der Waals surface area contributed by atoms with Crippen molar-refractivity contribution >= 4 is 11.8 Å². The highest BCUT2D eigenvalue weighted by atomic mass is 16.2. The van der Waals surface area contributed by atoms with Crippen molar-refractivity contribution in [2.45, 2.75) is 64.7 Å². The number of unbranched alkanes of at least 4 members (excludes halogenated alkanes) is 3. The van der Waals surface area contributed by atoms with Crippen LogP contribution in [0.5, 0.6) is 0 Å². The van der Waals surface area contributed by atoms with Crippen molar-refractivity contribution in [1.82, 2.24) is 10.2 Å². The minimum atomic E-state index is 0.162. The summed E-state index contributed by atoms with van der Waals surface area (Å²) in [5, 5.41) is 2.93. The van der Waals surface area contributed by atoms with Crippen LogP contribution in [0.4, 0.5) is 0 Å². The third kappa shape index (κ3) is 7.19. The zero-order chi connectivity index (χ0) is 13.9. The molecule has 0 aromatic heterocycles. The monoisotopic (exact) mass is 268 g/mol. The van der Waals surface area contributed by atoms with E-state index in [-0.39, 0.29) is 5.91 Å². The smallest absolute Gasteiger partial charge is 0.222 e. The Bertz CT molecular complexity index is 273. The van der Waals surface area contributed by atoms with Gasteiger partial charge in [-0.2, -0.15) is 0 Å². The molecular formula is C15H28N2O2. The van der Waals surface area contributed by atoms with E-state index in [1.807, 2.05) is 4.90 Å². The van der Waals surface area contributed by atoms with Crippen LogP contribution in [0.3, 0.4) is 0 Å². The van der Waals surface area contributed by atoms with Gasteiger partial charge in [-0.15, -0.1) is 0 Å². The largest absolute Gasteiger partial charge is 0.356 e. The Hall–Kier alpha value is -1.06. The van der Waals surface area contributed by atoms with Gasteiger partial charge in [0, 0.05) is 32.5 Å². The average molecular weight is 268 g/mol. The molecule has 1 rings (SSSR count). The predicted molar refractivity (Wildman–Crippen MR) is 76.8 cm³/mol. The molecule has 2 amide bonds. The molecule has 0 bridgehead atoms. The van der Waals surface area contributed by atoms with Gasteiger partial charge in [-0.1, -0.05) is 19.8 Å². The van der Waals surface area contributed by atoms with E-state index in [0.29, 0.717) is 18.7 Å². The van der Waals surface area contributed by atoms with E-state index in [2.05, 4.69) is 12.2 Å². The number of nitrogens with zero attached hydrogens (tertiary/aromatic N) is 1. The number of carbonyl (C=O) groups excluding carboxylic acids is 2. The molecular weight excluding hydrogens is 240 g/mol. The SMILES string of the molecule is CCCCC(=O)NCCCCCC(=O)N1CCCC1. The second kappa shape index (κ2) is 9.82. The molecule has 1 aliphatic rings. The number of likely N-dealkylation sites (tertiary alicyclic amines) is 1. The molecule has 4 heteroatoms. The third-order valence-electron chi connectivity index (χ3n) is 3.61. The molecule has 110 valence electrons. The first-order valence-corrected chi connectivity index (χ1v) is 7.78. The van der Waals surface area contributed by atoms with Crippen molar-refractivity contribution in [3.05, 3.63) is 0 Å². The fourth-order valence-corrected chi connectivity index (χ4v) is 2.36. The molecule has 1 fully saturated rings. The molecule has 0 aromatic carbocycles. The van der Waals surface area contributed by atoms with Crippen LogP contribution in [0.1, 0.15) is 64.7 Å². The van der Waals surface area contributed by atoms with Crippen LogP contribution in [-0.2, 0) is 9.59 Å². The highest BCUT2D eigenvalue weighted by Crippen LogP contribution is 2.11. The number of amides is 2. The highest BCUT2D eigenvalue weighted by molar-refractivity contribution is 5.76. The lowest BCUT2D eigenvalue weighted by Crippen LogP contribution is -2.27. The van der Waals surface area contributed by atoms with Gasteiger partial charge in [0.25, 0.3) is 0 Å². The fourth-order valence-electron chi connectivity index (χ4n) is 2.36. The quantitative estimate of drug-likeness (QED) is 0.653. The number of hydrogen-bond acceptors (Lipinski definition) is 2. The van der Waals surface area contributed by atoms with Crippen molar-refractivity contribution in [3.8, 4) is 0 Å². The summed E-state index contributed by atoms with van der Waals surface area (Å²) >= 11 is 0. The second-order valence-corrected chi connectivity index (χ2v) is 5.35. The van der Waals surface area contributed by atoms with E-state index in [1.54, 1.807) is 0 Å². The number of carbonyl (C=O) groups is 2. The van der Waals surface area contributed by atoms with Crippen LogP contribution in [-0.4, -0.2) is 36.3 Å². The molecule has 1 saturated heterocycles. The Kier molecular flexibility index (Phi) is 8.26. The van der Waals surface area contributed by atoms with Crippen molar-refractivity contribution in [2.24, 2.45) is 0 Å². The van der Waals surface area contributed by atoms with Crippen LogP contribution in [0.2, 0.25) is 0 Å². The summed E-state index contributed by atoms with van der Waals surface area (Å²) in [5.74, 6) is 0.472. The van der Waals surface area contributed by atoms with Crippen LogP contribution in [0.15, 0.2) is 0 Å². The van der Waals surface area contributed by atoms with Gasteiger partial charge in [-0.05, 0) is 32.1 Å². The van der Waals surface area contributed by atoms with Crippen molar-refractivity contribution in [2.75, 3.05) is 19.6 Å². The van der Waals surface area contributed by atoms with Gasteiger partial charge in [0.05, 0.1) is 0 Å². The highest BCUT2D eigenvalue weighted by Gasteiger charge is 2.16. The Morgan fingerprint density at radius 1 is 1.00 bits per heavy atom. The maximum Gasteiger partial charge on any atom is 0.222 e. The van der Waals surface area contributed by atoms with Gasteiger partial charge in [0.1, 0.15) is 0 Å². The summed E-state index contributed by atoms with van der Waals surface area (Å²) in [4.78, 5) is 25.1. The minimum absolute atomic E-state index is 0.162. The molecule has 0 aliphatic carbocycles. The van der Waals surface area contributed by atoms with E-state index in [9.17, 15) is 9.59 Å². The molecule has 19 heavy (non-hydrogen) atoms. The summed E-state index contributed by atoms with van der Waals surface area (Å²) in [6.45, 7) is 4.74. The lowest BCUT2D eigenvalue weighted by atomic mass is 10.1. The predicted octanol–water partition coefficient (Wildman–Crippen LogP) is 2.48.